The van der Waals surface area contributed by atoms with Crippen LogP contribution >= 0.6 is 0 Å². The molecule has 1 aromatic carbocycles. The number of ether oxygens (including phenoxy) is 1. The third kappa shape index (κ3) is 2.66. The van der Waals surface area contributed by atoms with Crippen molar-refractivity contribution in [1.82, 2.24) is 0 Å². The summed E-state index contributed by atoms with van der Waals surface area (Å²) in [5.74, 6) is -0.0511. The first kappa shape index (κ1) is 14.9. The van der Waals surface area contributed by atoms with Crippen LogP contribution in [-0.4, -0.2) is 22.8 Å². The molecule has 2 rings (SSSR count). The van der Waals surface area contributed by atoms with Gasteiger partial charge in [0.15, 0.2) is 0 Å². The molecule has 0 spiro atoms. The van der Waals surface area contributed by atoms with Crippen LogP contribution in [0.25, 0.3) is 0 Å². The van der Waals surface area contributed by atoms with Gasteiger partial charge in [-0.1, -0.05) is 19.9 Å². The van der Waals surface area contributed by atoms with Gasteiger partial charge in [-0.05, 0) is 38.0 Å². The molecule has 0 aliphatic carbocycles. The lowest BCUT2D eigenvalue weighted by molar-refractivity contribution is -0.148. The fourth-order valence-electron chi connectivity index (χ4n) is 2.43. The van der Waals surface area contributed by atoms with Crippen LogP contribution in [-0.2, 0) is 10.2 Å². The zero-order valence-corrected chi connectivity index (χ0v) is 12.4. The zero-order valence-electron chi connectivity index (χ0n) is 12.4. The van der Waals surface area contributed by atoms with E-state index in [-0.39, 0.29) is 11.8 Å². The van der Waals surface area contributed by atoms with Gasteiger partial charge >= 0.3 is 5.97 Å². The van der Waals surface area contributed by atoms with Crippen molar-refractivity contribution in [3.05, 3.63) is 29.3 Å². The van der Waals surface area contributed by atoms with Crippen molar-refractivity contribution in [2.24, 2.45) is 5.41 Å². The molecule has 2 N–H and O–H groups in total. The minimum Gasteiger partial charge on any atom is -0.492 e. The molecule has 1 unspecified atom stereocenters. The van der Waals surface area contributed by atoms with Gasteiger partial charge in [0.05, 0.1) is 18.1 Å². The van der Waals surface area contributed by atoms with Crippen LogP contribution in [0.2, 0.25) is 0 Å². The highest BCUT2D eigenvalue weighted by Gasteiger charge is 2.34. The summed E-state index contributed by atoms with van der Waals surface area (Å²) in [4.78, 5) is 11.1. The lowest BCUT2D eigenvalue weighted by Crippen LogP contribution is -2.26. The molecule has 4 heteroatoms. The Labute approximate surface area is 119 Å². The minimum atomic E-state index is -0.954. The average Bonchev–Trinajstić information content (AvgIpc) is 2.64. The topological polar surface area (TPSA) is 66.8 Å². The quantitative estimate of drug-likeness (QED) is 0.888. The van der Waals surface area contributed by atoms with Crippen LogP contribution < -0.4 is 4.74 Å². The number of rotatable bonds is 4. The summed E-state index contributed by atoms with van der Waals surface area (Å²) in [7, 11) is 0. The predicted octanol–water partition coefficient (Wildman–Crippen LogP) is 2.89. The standard InChI is InChI=1S/C16H22O4/c1-15(2,14(18)19)8-12(17)10-5-6-13-11(7-10)16(3,4)9-20-13/h5-7,12,17H,8-9H2,1-4H3,(H,18,19). The zero-order chi connectivity index (χ0) is 15.1. The van der Waals surface area contributed by atoms with E-state index in [2.05, 4.69) is 13.8 Å². The number of aliphatic carboxylic acids is 1. The van der Waals surface area contributed by atoms with E-state index < -0.39 is 17.5 Å². The maximum absolute atomic E-state index is 11.1. The van der Waals surface area contributed by atoms with Gasteiger partial charge in [0, 0.05) is 11.0 Å². The Balaban J connectivity index is 2.25. The molecule has 1 aliphatic rings. The third-order valence-electron chi connectivity index (χ3n) is 3.99. The number of carboxylic acids is 1. The van der Waals surface area contributed by atoms with Gasteiger partial charge in [-0.3, -0.25) is 4.79 Å². The van der Waals surface area contributed by atoms with Crippen LogP contribution in [0.15, 0.2) is 18.2 Å². The lowest BCUT2D eigenvalue weighted by Gasteiger charge is -2.24. The van der Waals surface area contributed by atoms with Gasteiger partial charge in [0.2, 0.25) is 0 Å². The Morgan fingerprint density at radius 2 is 2.10 bits per heavy atom. The van der Waals surface area contributed by atoms with Crippen molar-refractivity contribution < 1.29 is 19.7 Å². The van der Waals surface area contributed by atoms with Gasteiger partial charge in [-0.2, -0.15) is 0 Å². The summed E-state index contributed by atoms with van der Waals surface area (Å²) in [5, 5.41) is 19.4. The molecule has 0 bridgehead atoms. The molecular weight excluding hydrogens is 256 g/mol. The monoisotopic (exact) mass is 278 g/mol. The molecule has 20 heavy (non-hydrogen) atoms. The highest BCUT2D eigenvalue weighted by Crippen LogP contribution is 2.40. The largest absolute Gasteiger partial charge is 0.492 e. The highest BCUT2D eigenvalue weighted by molar-refractivity contribution is 5.73. The number of aliphatic hydroxyl groups excluding tert-OH is 1. The second kappa shape index (κ2) is 4.77. The Hall–Kier alpha value is -1.55. The molecule has 4 nitrogen and oxygen atoms in total. The second-order valence-corrected chi connectivity index (χ2v) is 6.84. The molecule has 0 radical (unpaired) electrons. The van der Waals surface area contributed by atoms with Gasteiger partial charge < -0.3 is 14.9 Å². The Bertz CT molecular complexity index is 531. The van der Waals surface area contributed by atoms with Crippen LogP contribution in [0.5, 0.6) is 5.75 Å². The number of hydrogen-bond donors (Lipinski definition) is 2. The second-order valence-electron chi connectivity index (χ2n) is 6.84. The van der Waals surface area contributed by atoms with E-state index in [9.17, 15) is 9.90 Å². The van der Waals surface area contributed by atoms with E-state index in [0.29, 0.717) is 6.61 Å². The highest BCUT2D eigenvalue weighted by atomic mass is 16.5. The van der Waals surface area contributed by atoms with Crippen molar-refractivity contribution in [2.45, 2.75) is 45.6 Å². The van der Waals surface area contributed by atoms with Crippen LogP contribution in [0.1, 0.15) is 51.3 Å². The van der Waals surface area contributed by atoms with Crippen LogP contribution in [0, 0.1) is 5.41 Å². The van der Waals surface area contributed by atoms with E-state index in [1.54, 1.807) is 13.8 Å². The first-order valence-corrected chi connectivity index (χ1v) is 6.82. The number of fused-ring (bicyclic) bond motifs is 1. The molecule has 1 atom stereocenters. The Morgan fingerprint density at radius 1 is 1.45 bits per heavy atom. The molecule has 110 valence electrons. The minimum absolute atomic E-state index is 0.0760. The van der Waals surface area contributed by atoms with Gasteiger partial charge in [-0.15, -0.1) is 0 Å². The smallest absolute Gasteiger partial charge is 0.309 e. The maximum atomic E-state index is 11.1. The first-order chi connectivity index (χ1) is 9.13. The summed E-state index contributed by atoms with van der Waals surface area (Å²) in [5.41, 5.74) is 0.788. The SMILES string of the molecule is CC(C)(CC(O)c1ccc2c(c1)C(C)(C)CO2)C(=O)O. The summed E-state index contributed by atoms with van der Waals surface area (Å²) in [6.45, 7) is 8.06. The number of hydrogen-bond acceptors (Lipinski definition) is 3. The van der Waals surface area contributed by atoms with E-state index in [0.717, 1.165) is 16.9 Å². The number of carbonyl (C=O) groups is 1. The van der Waals surface area contributed by atoms with Crippen molar-refractivity contribution in [3.63, 3.8) is 0 Å². The first-order valence-electron chi connectivity index (χ1n) is 6.82. The summed E-state index contributed by atoms with van der Waals surface area (Å²) >= 11 is 0. The molecular formula is C16H22O4. The van der Waals surface area contributed by atoms with Crippen LogP contribution in [0.3, 0.4) is 0 Å². The maximum Gasteiger partial charge on any atom is 0.309 e. The molecule has 1 heterocycles. The van der Waals surface area contributed by atoms with Crippen molar-refractivity contribution in [1.29, 1.82) is 0 Å². The summed E-state index contributed by atoms with van der Waals surface area (Å²) in [6.07, 6.45) is -0.606. The van der Waals surface area contributed by atoms with Crippen molar-refractivity contribution in [3.8, 4) is 5.75 Å². The summed E-state index contributed by atoms with van der Waals surface area (Å²) < 4.78 is 5.61. The fourth-order valence-corrected chi connectivity index (χ4v) is 2.43. The van der Waals surface area contributed by atoms with Gasteiger partial charge in [0.25, 0.3) is 0 Å². The number of carboxylic acid groups (broad SMARTS) is 1. The van der Waals surface area contributed by atoms with E-state index in [1.807, 2.05) is 18.2 Å². The number of aliphatic hydroxyl groups is 1. The molecule has 0 fully saturated rings. The van der Waals surface area contributed by atoms with Crippen molar-refractivity contribution >= 4 is 5.97 Å². The molecule has 1 aromatic rings. The van der Waals surface area contributed by atoms with Crippen LogP contribution in [0.4, 0.5) is 0 Å². The van der Waals surface area contributed by atoms with E-state index in [4.69, 9.17) is 9.84 Å². The molecule has 0 saturated carbocycles. The normalized spacial score (nSPS) is 18.2. The lowest BCUT2D eigenvalue weighted by atomic mass is 9.82. The molecule has 1 aliphatic heterocycles. The predicted molar refractivity (Wildman–Crippen MR) is 76.0 cm³/mol. The third-order valence-corrected chi connectivity index (χ3v) is 3.99. The Kier molecular flexibility index (Phi) is 3.54. The molecule has 0 amide bonds. The van der Waals surface area contributed by atoms with Gasteiger partial charge in [-0.25, -0.2) is 0 Å². The number of benzene rings is 1. The van der Waals surface area contributed by atoms with E-state index >= 15 is 0 Å². The fraction of sp³-hybridized carbons (Fsp3) is 0.562. The molecule has 0 saturated heterocycles. The van der Waals surface area contributed by atoms with E-state index in [1.165, 1.54) is 0 Å². The molecule has 0 aromatic heterocycles. The average molecular weight is 278 g/mol. The van der Waals surface area contributed by atoms with Gasteiger partial charge in [0.1, 0.15) is 5.75 Å². The summed E-state index contributed by atoms with van der Waals surface area (Å²) in [6, 6.07) is 5.60. The Morgan fingerprint density at radius 3 is 2.70 bits per heavy atom. The van der Waals surface area contributed by atoms with Crippen molar-refractivity contribution in [2.75, 3.05) is 6.61 Å².